The number of aromatic nitrogens is 1. The van der Waals surface area contributed by atoms with Crippen LogP contribution in [0.1, 0.15) is 42.6 Å². The van der Waals surface area contributed by atoms with Gasteiger partial charge in [0.25, 0.3) is 5.91 Å². The van der Waals surface area contributed by atoms with Crippen molar-refractivity contribution in [2.45, 2.75) is 43.0 Å². The molecule has 1 aromatic heterocycles. The van der Waals surface area contributed by atoms with Crippen LogP contribution in [0.25, 0.3) is 0 Å². The van der Waals surface area contributed by atoms with Crippen molar-refractivity contribution < 1.29 is 14.3 Å². The maximum absolute atomic E-state index is 12.9. The van der Waals surface area contributed by atoms with Gasteiger partial charge in [-0.2, -0.15) is 0 Å². The number of benzene rings is 1. The molecule has 3 rings (SSSR count). The maximum Gasteiger partial charge on any atom is 0.306 e. The molecule has 5 nitrogen and oxygen atoms in total. The maximum atomic E-state index is 12.9. The van der Waals surface area contributed by atoms with E-state index in [2.05, 4.69) is 0 Å². The van der Waals surface area contributed by atoms with Crippen LogP contribution >= 0.6 is 11.8 Å². The highest BCUT2D eigenvalue weighted by atomic mass is 32.2. The van der Waals surface area contributed by atoms with E-state index in [1.54, 1.807) is 11.8 Å². The normalized spacial score (nSPS) is 16.8. The van der Waals surface area contributed by atoms with Gasteiger partial charge in [0.1, 0.15) is 5.69 Å². The van der Waals surface area contributed by atoms with Crippen LogP contribution in [-0.2, 0) is 16.6 Å². The smallest absolute Gasteiger partial charge is 0.306 e. The second-order valence-electron chi connectivity index (χ2n) is 7.07. The molecule has 0 aliphatic carbocycles. The van der Waals surface area contributed by atoms with Crippen LogP contribution in [0, 0.1) is 0 Å². The number of amides is 1. The van der Waals surface area contributed by atoms with E-state index in [9.17, 15) is 9.59 Å². The molecule has 1 saturated heterocycles. The van der Waals surface area contributed by atoms with Crippen LogP contribution in [0.15, 0.2) is 53.6 Å². The summed E-state index contributed by atoms with van der Waals surface area (Å²) in [7, 11) is 1.89. The molecule has 1 fully saturated rings. The molecule has 0 spiro atoms. The van der Waals surface area contributed by atoms with Gasteiger partial charge in [-0.1, -0.05) is 18.2 Å². The number of likely N-dealkylation sites (tertiary alicyclic amines) is 1. The van der Waals surface area contributed by atoms with Gasteiger partial charge in [0.2, 0.25) is 0 Å². The number of rotatable bonds is 8. The number of carbonyl (C=O) groups excluding carboxylic acids is 2. The molecular weight excluding hydrogens is 372 g/mol. The Labute approximate surface area is 171 Å². The summed E-state index contributed by atoms with van der Waals surface area (Å²) in [5.74, 6) is 0.618. The Bertz CT molecular complexity index is 775. The minimum Gasteiger partial charge on any atom is -0.466 e. The molecule has 1 atom stereocenters. The van der Waals surface area contributed by atoms with E-state index < -0.39 is 0 Å². The Morgan fingerprint density at radius 3 is 2.71 bits per heavy atom. The van der Waals surface area contributed by atoms with Gasteiger partial charge < -0.3 is 14.2 Å². The van der Waals surface area contributed by atoms with Crippen molar-refractivity contribution in [3.63, 3.8) is 0 Å². The summed E-state index contributed by atoms with van der Waals surface area (Å²) in [5, 5.41) is 0. The summed E-state index contributed by atoms with van der Waals surface area (Å²) in [6.45, 7) is 1.15. The SMILES string of the molecule is Cn1cccc1C(=O)N1CCCCC1CCOC(=O)CCSc1ccccc1. The number of thioether (sulfide) groups is 1. The lowest BCUT2D eigenvalue weighted by molar-refractivity contribution is -0.143. The molecule has 1 aliphatic heterocycles. The zero-order valence-corrected chi connectivity index (χ0v) is 17.2. The first-order valence-corrected chi connectivity index (χ1v) is 10.9. The number of piperidine rings is 1. The van der Waals surface area contributed by atoms with Crippen molar-refractivity contribution in [1.82, 2.24) is 9.47 Å². The zero-order valence-electron chi connectivity index (χ0n) is 16.4. The number of hydrogen-bond donors (Lipinski definition) is 0. The van der Waals surface area contributed by atoms with E-state index in [1.807, 2.05) is 65.2 Å². The fourth-order valence-corrected chi connectivity index (χ4v) is 4.40. The summed E-state index contributed by atoms with van der Waals surface area (Å²) >= 11 is 1.66. The van der Waals surface area contributed by atoms with E-state index in [0.717, 1.165) is 30.7 Å². The van der Waals surface area contributed by atoms with Crippen molar-refractivity contribution >= 4 is 23.6 Å². The fourth-order valence-electron chi connectivity index (χ4n) is 3.55. The molecule has 28 heavy (non-hydrogen) atoms. The monoisotopic (exact) mass is 400 g/mol. The number of hydrogen-bond acceptors (Lipinski definition) is 4. The van der Waals surface area contributed by atoms with E-state index in [-0.39, 0.29) is 17.9 Å². The predicted molar refractivity (Wildman–Crippen MR) is 111 cm³/mol. The van der Waals surface area contributed by atoms with Crippen molar-refractivity contribution in [2.75, 3.05) is 18.9 Å². The van der Waals surface area contributed by atoms with E-state index in [4.69, 9.17) is 4.74 Å². The first-order chi connectivity index (χ1) is 13.6. The van der Waals surface area contributed by atoms with Gasteiger partial charge in [-0.05, 0) is 43.5 Å². The van der Waals surface area contributed by atoms with Gasteiger partial charge in [0.15, 0.2) is 0 Å². The summed E-state index contributed by atoms with van der Waals surface area (Å²) in [5.41, 5.74) is 0.710. The number of carbonyl (C=O) groups is 2. The summed E-state index contributed by atoms with van der Waals surface area (Å²) in [6.07, 6.45) is 6.11. The van der Waals surface area contributed by atoms with Crippen LogP contribution in [0.4, 0.5) is 0 Å². The molecule has 0 radical (unpaired) electrons. The van der Waals surface area contributed by atoms with Crippen LogP contribution < -0.4 is 0 Å². The second kappa shape index (κ2) is 10.4. The highest BCUT2D eigenvalue weighted by molar-refractivity contribution is 7.99. The molecule has 2 aromatic rings. The minimum absolute atomic E-state index is 0.0720. The molecule has 1 unspecified atom stereocenters. The lowest BCUT2D eigenvalue weighted by Gasteiger charge is -2.35. The van der Waals surface area contributed by atoms with Gasteiger partial charge in [-0.3, -0.25) is 9.59 Å². The third kappa shape index (κ3) is 5.64. The summed E-state index contributed by atoms with van der Waals surface area (Å²) < 4.78 is 7.29. The Kier molecular flexibility index (Phi) is 7.60. The molecule has 0 N–H and O–H groups in total. The van der Waals surface area contributed by atoms with Crippen molar-refractivity contribution in [3.05, 3.63) is 54.4 Å². The highest BCUT2D eigenvalue weighted by Crippen LogP contribution is 2.22. The van der Waals surface area contributed by atoms with Gasteiger partial charge in [0.05, 0.1) is 13.0 Å². The highest BCUT2D eigenvalue weighted by Gasteiger charge is 2.28. The lowest BCUT2D eigenvalue weighted by Crippen LogP contribution is -2.44. The summed E-state index contributed by atoms with van der Waals surface area (Å²) in [4.78, 5) is 28.0. The largest absolute Gasteiger partial charge is 0.466 e. The Morgan fingerprint density at radius 1 is 1.14 bits per heavy atom. The first kappa shape index (κ1) is 20.5. The zero-order chi connectivity index (χ0) is 19.8. The van der Waals surface area contributed by atoms with Crippen molar-refractivity contribution in [3.8, 4) is 0 Å². The number of esters is 1. The third-order valence-electron chi connectivity index (χ3n) is 5.08. The Hall–Kier alpha value is -2.21. The molecule has 150 valence electrons. The molecule has 6 heteroatoms. The Morgan fingerprint density at radius 2 is 1.96 bits per heavy atom. The number of aryl methyl sites for hydroxylation is 1. The van der Waals surface area contributed by atoms with Crippen LogP contribution in [0.5, 0.6) is 0 Å². The molecule has 1 amide bonds. The van der Waals surface area contributed by atoms with Crippen molar-refractivity contribution in [2.24, 2.45) is 7.05 Å². The number of ether oxygens (including phenoxy) is 1. The molecule has 1 aromatic carbocycles. The van der Waals surface area contributed by atoms with Gasteiger partial charge >= 0.3 is 5.97 Å². The first-order valence-electron chi connectivity index (χ1n) is 9.91. The fraction of sp³-hybridized carbons (Fsp3) is 0.455. The summed E-state index contributed by atoms with van der Waals surface area (Å²) in [6, 6.07) is 13.9. The lowest BCUT2D eigenvalue weighted by atomic mass is 9.99. The molecule has 2 heterocycles. The van der Waals surface area contributed by atoms with E-state index in [0.29, 0.717) is 30.9 Å². The average Bonchev–Trinajstić information content (AvgIpc) is 3.14. The average molecular weight is 401 g/mol. The van der Waals surface area contributed by atoms with Crippen LogP contribution in [0.2, 0.25) is 0 Å². The van der Waals surface area contributed by atoms with E-state index >= 15 is 0 Å². The minimum atomic E-state index is -0.167. The predicted octanol–water partition coefficient (Wildman–Crippen LogP) is 4.14. The molecule has 0 saturated carbocycles. The second-order valence-corrected chi connectivity index (χ2v) is 8.24. The van der Waals surface area contributed by atoms with Gasteiger partial charge in [-0.25, -0.2) is 0 Å². The van der Waals surface area contributed by atoms with Gasteiger partial charge in [0, 0.05) is 42.9 Å². The standard InChI is InChI=1S/C22H28N2O3S/c1-23-14-7-11-20(23)22(26)24-15-6-5-8-18(24)12-16-27-21(25)13-17-28-19-9-3-2-4-10-19/h2-4,7,9-11,14,18H,5-6,8,12-13,15-17H2,1H3. The van der Waals surface area contributed by atoms with Crippen LogP contribution in [0.3, 0.4) is 0 Å². The van der Waals surface area contributed by atoms with E-state index in [1.165, 1.54) is 0 Å². The topological polar surface area (TPSA) is 51.5 Å². The number of nitrogens with zero attached hydrogens (tertiary/aromatic N) is 2. The van der Waals surface area contributed by atoms with Crippen LogP contribution in [-0.4, -0.2) is 46.3 Å². The molecule has 0 bridgehead atoms. The quantitative estimate of drug-likeness (QED) is 0.494. The Balaban J connectivity index is 1.41. The molecular formula is C22H28N2O3S. The molecule has 1 aliphatic rings. The van der Waals surface area contributed by atoms with Gasteiger partial charge in [-0.15, -0.1) is 11.8 Å². The third-order valence-corrected chi connectivity index (χ3v) is 6.10. The van der Waals surface area contributed by atoms with Crippen molar-refractivity contribution in [1.29, 1.82) is 0 Å².